The van der Waals surface area contributed by atoms with Crippen LogP contribution in [0.1, 0.15) is 92.9 Å². The third-order valence-electron chi connectivity index (χ3n) is 13.6. The minimum atomic E-state index is -0.862. The summed E-state index contributed by atoms with van der Waals surface area (Å²) in [6.07, 6.45) is 6.24. The van der Waals surface area contributed by atoms with Gasteiger partial charge in [-0.3, -0.25) is 9.59 Å². The molecule has 5 nitrogen and oxygen atoms in total. The molecule has 0 amide bonds. The number of carboxylic acids is 2. The summed E-state index contributed by atoms with van der Waals surface area (Å²) in [7, 11) is 0. The van der Waals surface area contributed by atoms with Crippen molar-refractivity contribution in [2.45, 2.75) is 99.0 Å². The first-order valence-corrected chi connectivity index (χ1v) is 13.9. The molecule has 3 N–H and O–H groups in total. The van der Waals surface area contributed by atoms with E-state index < -0.39 is 40.2 Å². The molecule has 11 atom stereocenters. The van der Waals surface area contributed by atoms with E-state index in [-0.39, 0.29) is 34.5 Å². The summed E-state index contributed by atoms with van der Waals surface area (Å²) >= 11 is 0. The number of aliphatic carboxylic acids is 2. The number of rotatable bonds is 3. The normalized spacial score (nSPS) is 54.2. The van der Waals surface area contributed by atoms with Gasteiger partial charge in [0.1, 0.15) is 0 Å². The van der Waals surface area contributed by atoms with Gasteiger partial charge in [-0.2, -0.15) is 0 Å². The molecule has 5 heteroatoms. The van der Waals surface area contributed by atoms with Crippen LogP contribution in [-0.2, 0) is 9.59 Å². The standard InChI is InChI=1S/C30H46O5/c1-16(2)17-10-13-30(25(34)35)15-14-27(5)18(21(17)30)8-9-20-28(27,6)12-11-19-26(3,4)23(31)22(24(32)33)29(19,20)7/h17-23,31H,1,8-15H2,2-7H3,(H,32,33)(H,34,35)/t17-,18+,19-,20+,21+,22+,23-,27+,28+,29-,30-/m0/s1. The number of carbonyl (C=O) groups is 2. The van der Waals surface area contributed by atoms with E-state index in [0.29, 0.717) is 12.3 Å². The SMILES string of the molecule is C=C(C)[C@@H]1CC[C@]2(C(=O)O)CC[C@]3(C)[C@H](CC[C@H]4[C@@]5(C)[C@@H](C(=O)O)[C@H](O)C(C)(C)[C@@H]5CC[C@]43C)[C@@H]12. The van der Waals surface area contributed by atoms with Crippen LogP contribution in [0.15, 0.2) is 12.2 Å². The highest BCUT2D eigenvalue weighted by Crippen LogP contribution is 2.79. The molecular formula is C30H46O5. The molecule has 5 saturated carbocycles. The summed E-state index contributed by atoms with van der Waals surface area (Å²) in [5.74, 6) is -1.21. The Kier molecular flexibility index (Phi) is 5.32. The molecule has 0 aromatic heterocycles. The summed E-state index contributed by atoms with van der Waals surface area (Å²) in [4.78, 5) is 25.4. The molecule has 0 aliphatic heterocycles. The average molecular weight is 487 g/mol. The first kappa shape index (κ1) is 25.3. The molecule has 5 aliphatic rings. The Labute approximate surface area is 210 Å². The van der Waals surface area contributed by atoms with Gasteiger partial charge in [-0.25, -0.2) is 0 Å². The van der Waals surface area contributed by atoms with Crippen LogP contribution in [0.4, 0.5) is 0 Å². The first-order valence-electron chi connectivity index (χ1n) is 13.9. The van der Waals surface area contributed by atoms with Crippen molar-refractivity contribution < 1.29 is 24.9 Å². The topological polar surface area (TPSA) is 94.8 Å². The van der Waals surface area contributed by atoms with Gasteiger partial charge in [0.2, 0.25) is 0 Å². The smallest absolute Gasteiger partial charge is 0.309 e. The van der Waals surface area contributed by atoms with Crippen molar-refractivity contribution in [3.8, 4) is 0 Å². The Balaban J connectivity index is 1.62. The van der Waals surface area contributed by atoms with Gasteiger partial charge in [0.25, 0.3) is 0 Å². The molecule has 0 bridgehead atoms. The zero-order chi connectivity index (χ0) is 25.9. The summed E-state index contributed by atoms with van der Waals surface area (Å²) in [6.45, 7) is 17.5. The van der Waals surface area contributed by atoms with Gasteiger partial charge in [-0.05, 0) is 110 Å². The van der Waals surface area contributed by atoms with Crippen molar-refractivity contribution in [1.82, 2.24) is 0 Å². The van der Waals surface area contributed by atoms with E-state index in [2.05, 4.69) is 48.1 Å². The highest BCUT2D eigenvalue weighted by Gasteiger charge is 2.75. The number of hydrogen-bond acceptors (Lipinski definition) is 3. The number of carboxylic acid groups (broad SMARTS) is 2. The van der Waals surface area contributed by atoms with Crippen LogP contribution in [-0.4, -0.2) is 33.4 Å². The Morgan fingerprint density at radius 1 is 0.829 bits per heavy atom. The lowest BCUT2D eigenvalue weighted by Crippen LogP contribution is -2.65. The van der Waals surface area contributed by atoms with Crippen molar-refractivity contribution in [1.29, 1.82) is 0 Å². The van der Waals surface area contributed by atoms with Crippen LogP contribution in [0, 0.1) is 62.6 Å². The number of aliphatic hydroxyl groups excluding tert-OH is 1. The number of allylic oxidation sites excluding steroid dienone is 1. The Hall–Kier alpha value is -1.36. The zero-order valence-corrected chi connectivity index (χ0v) is 22.6. The minimum Gasteiger partial charge on any atom is -0.481 e. The van der Waals surface area contributed by atoms with Crippen LogP contribution in [0.2, 0.25) is 0 Å². The summed E-state index contributed by atoms with van der Waals surface area (Å²) in [5, 5.41) is 32.2. The van der Waals surface area contributed by atoms with E-state index in [1.807, 2.05) is 0 Å². The molecule has 0 spiro atoms. The minimum absolute atomic E-state index is 0.0493. The largest absolute Gasteiger partial charge is 0.481 e. The molecule has 196 valence electrons. The van der Waals surface area contributed by atoms with Crippen LogP contribution < -0.4 is 0 Å². The van der Waals surface area contributed by atoms with E-state index in [1.54, 1.807) is 0 Å². The molecular weight excluding hydrogens is 440 g/mol. The van der Waals surface area contributed by atoms with E-state index in [1.165, 1.54) is 0 Å². The van der Waals surface area contributed by atoms with Gasteiger partial charge in [-0.15, -0.1) is 0 Å². The van der Waals surface area contributed by atoms with Gasteiger partial charge in [0.15, 0.2) is 0 Å². The zero-order valence-electron chi connectivity index (χ0n) is 22.6. The molecule has 0 radical (unpaired) electrons. The van der Waals surface area contributed by atoms with E-state index in [9.17, 15) is 24.9 Å². The van der Waals surface area contributed by atoms with E-state index in [4.69, 9.17) is 0 Å². The van der Waals surface area contributed by atoms with Crippen molar-refractivity contribution in [2.75, 3.05) is 0 Å². The molecule has 0 saturated heterocycles. The van der Waals surface area contributed by atoms with Crippen LogP contribution in [0.25, 0.3) is 0 Å². The fraction of sp³-hybridized carbons (Fsp3) is 0.867. The number of fused-ring (bicyclic) bond motifs is 7. The molecule has 0 aromatic rings. The molecule has 5 fully saturated rings. The van der Waals surface area contributed by atoms with Crippen molar-refractivity contribution in [3.63, 3.8) is 0 Å². The van der Waals surface area contributed by atoms with Gasteiger partial charge >= 0.3 is 11.9 Å². The van der Waals surface area contributed by atoms with Crippen molar-refractivity contribution >= 4 is 11.9 Å². The third-order valence-corrected chi connectivity index (χ3v) is 13.6. The lowest BCUT2D eigenvalue weighted by molar-refractivity contribution is -0.228. The van der Waals surface area contributed by atoms with Gasteiger partial charge < -0.3 is 15.3 Å². The van der Waals surface area contributed by atoms with Crippen molar-refractivity contribution in [2.24, 2.45) is 62.6 Å². The number of hydrogen-bond donors (Lipinski definition) is 3. The predicted octanol–water partition coefficient (Wildman–Crippen LogP) is 6.01. The van der Waals surface area contributed by atoms with Crippen molar-refractivity contribution in [3.05, 3.63) is 12.2 Å². The first-order chi connectivity index (χ1) is 16.1. The second kappa shape index (κ2) is 7.36. The van der Waals surface area contributed by atoms with Gasteiger partial charge in [0, 0.05) is 0 Å². The molecule has 0 aromatic carbocycles. The fourth-order valence-electron chi connectivity index (χ4n) is 11.8. The molecule has 0 heterocycles. The maximum Gasteiger partial charge on any atom is 0.309 e. The van der Waals surface area contributed by atoms with Crippen LogP contribution in [0.5, 0.6) is 0 Å². The molecule has 5 rings (SSSR count). The Bertz CT molecular complexity index is 970. The quantitative estimate of drug-likeness (QED) is 0.425. The highest BCUT2D eigenvalue weighted by molar-refractivity contribution is 5.76. The fourth-order valence-corrected chi connectivity index (χ4v) is 11.8. The maximum atomic E-state index is 12.8. The Morgan fingerprint density at radius 2 is 1.49 bits per heavy atom. The second-order valence-corrected chi connectivity index (χ2v) is 14.6. The molecule has 35 heavy (non-hydrogen) atoms. The monoisotopic (exact) mass is 486 g/mol. The number of aliphatic hydroxyl groups is 1. The highest BCUT2D eigenvalue weighted by atomic mass is 16.4. The van der Waals surface area contributed by atoms with Crippen LogP contribution in [0.3, 0.4) is 0 Å². The summed E-state index contributed by atoms with van der Waals surface area (Å²) < 4.78 is 0. The van der Waals surface area contributed by atoms with Gasteiger partial charge in [-0.1, -0.05) is 46.8 Å². The lowest BCUT2D eigenvalue weighted by Gasteiger charge is -2.70. The Morgan fingerprint density at radius 3 is 2.06 bits per heavy atom. The van der Waals surface area contributed by atoms with E-state index in [0.717, 1.165) is 50.5 Å². The third kappa shape index (κ3) is 2.75. The van der Waals surface area contributed by atoms with Gasteiger partial charge in [0.05, 0.1) is 17.4 Å². The van der Waals surface area contributed by atoms with Crippen LogP contribution >= 0.6 is 0 Å². The predicted molar refractivity (Wildman–Crippen MR) is 135 cm³/mol. The maximum absolute atomic E-state index is 12.8. The summed E-state index contributed by atoms with van der Waals surface area (Å²) in [5.41, 5.74) is -0.558. The second-order valence-electron chi connectivity index (χ2n) is 14.6. The molecule has 0 unspecified atom stereocenters. The lowest BCUT2D eigenvalue weighted by atomic mass is 9.34. The molecule has 5 aliphatic carbocycles. The van der Waals surface area contributed by atoms with E-state index >= 15 is 0 Å². The summed E-state index contributed by atoms with van der Waals surface area (Å²) in [6, 6.07) is 0. The average Bonchev–Trinajstić information content (AvgIpc) is 3.21.